The number of halogens is 3. The van der Waals surface area contributed by atoms with E-state index in [-0.39, 0.29) is 34.8 Å². The van der Waals surface area contributed by atoms with E-state index in [1.807, 2.05) is 6.07 Å². The van der Waals surface area contributed by atoms with Crippen molar-refractivity contribution >= 4 is 41.5 Å². The highest BCUT2D eigenvalue weighted by atomic mass is 127. The summed E-state index contributed by atoms with van der Waals surface area (Å²) in [5, 5.41) is 3.68. The van der Waals surface area contributed by atoms with E-state index in [0.717, 1.165) is 37.5 Å². The molecule has 1 fully saturated rings. The van der Waals surface area contributed by atoms with E-state index in [0.29, 0.717) is 12.0 Å². The standard InChI is InChI=1S/C14H17ClFN3.HI/c1-19-5-4-17-14(19)18-11-6-10(7-11)9-2-3-13(16)12(15)8-9;/h2-3,8,10-11H,4-7H2,1H3,(H,17,18);1H. The van der Waals surface area contributed by atoms with E-state index in [1.165, 1.54) is 6.07 Å². The Morgan fingerprint density at radius 1 is 1.40 bits per heavy atom. The zero-order valence-corrected chi connectivity index (χ0v) is 14.4. The van der Waals surface area contributed by atoms with Crippen LogP contribution in [0.2, 0.25) is 5.02 Å². The molecule has 0 amide bonds. The molecular formula is C14H18ClFIN3. The monoisotopic (exact) mass is 409 g/mol. The van der Waals surface area contributed by atoms with Crippen LogP contribution in [-0.2, 0) is 0 Å². The molecule has 0 atom stereocenters. The molecule has 2 aliphatic rings. The van der Waals surface area contributed by atoms with Crippen LogP contribution in [0.4, 0.5) is 4.39 Å². The van der Waals surface area contributed by atoms with Crippen molar-refractivity contribution in [3.8, 4) is 0 Å². The molecule has 3 nitrogen and oxygen atoms in total. The Bertz CT molecular complexity index is 517. The van der Waals surface area contributed by atoms with Crippen molar-refractivity contribution in [1.82, 2.24) is 10.2 Å². The topological polar surface area (TPSA) is 27.6 Å². The van der Waals surface area contributed by atoms with Gasteiger partial charge in [0.25, 0.3) is 0 Å². The summed E-state index contributed by atoms with van der Waals surface area (Å²) in [6, 6.07) is 5.50. The van der Waals surface area contributed by atoms with Gasteiger partial charge < -0.3 is 10.2 Å². The van der Waals surface area contributed by atoms with Crippen molar-refractivity contribution in [2.24, 2.45) is 4.99 Å². The maximum Gasteiger partial charge on any atom is 0.194 e. The number of nitrogens with one attached hydrogen (secondary N) is 1. The van der Waals surface area contributed by atoms with Gasteiger partial charge in [-0.1, -0.05) is 17.7 Å². The smallest absolute Gasteiger partial charge is 0.194 e. The minimum Gasteiger partial charge on any atom is -0.353 e. The lowest BCUT2D eigenvalue weighted by molar-refractivity contribution is 0.315. The van der Waals surface area contributed by atoms with Crippen LogP contribution in [0, 0.1) is 5.82 Å². The summed E-state index contributed by atoms with van der Waals surface area (Å²) in [6.45, 7) is 1.87. The van der Waals surface area contributed by atoms with Crippen LogP contribution in [0.15, 0.2) is 23.2 Å². The van der Waals surface area contributed by atoms with Crippen molar-refractivity contribution in [2.45, 2.75) is 24.8 Å². The van der Waals surface area contributed by atoms with E-state index >= 15 is 0 Å². The molecule has 1 saturated carbocycles. The van der Waals surface area contributed by atoms with Gasteiger partial charge in [-0.2, -0.15) is 0 Å². The number of guanidine groups is 1. The van der Waals surface area contributed by atoms with Gasteiger partial charge in [-0.05, 0) is 36.5 Å². The van der Waals surface area contributed by atoms with Gasteiger partial charge in [0, 0.05) is 19.6 Å². The zero-order valence-electron chi connectivity index (χ0n) is 11.3. The maximum atomic E-state index is 13.1. The summed E-state index contributed by atoms with van der Waals surface area (Å²) < 4.78 is 13.1. The number of nitrogens with zero attached hydrogens (tertiary/aromatic N) is 2. The van der Waals surface area contributed by atoms with Gasteiger partial charge in [0.05, 0.1) is 11.6 Å². The molecule has 1 aliphatic carbocycles. The quantitative estimate of drug-likeness (QED) is 0.760. The molecule has 1 N–H and O–H groups in total. The van der Waals surface area contributed by atoms with Gasteiger partial charge in [0.2, 0.25) is 0 Å². The van der Waals surface area contributed by atoms with Crippen molar-refractivity contribution < 1.29 is 4.39 Å². The van der Waals surface area contributed by atoms with E-state index in [1.54, 1.807) is 6.07 Å². The second kappa shape index (κ2) is 6.47. The number of rotatable bonds is 2. The van der Waals surface area contributed by atoms with Gasteiger partial charge in [-0.25, -0.2) is 4.39 Å². The van der Waals surface area contributed by atoms with E-state index in [4.69, 9.17) is 11.6 Å². The minimum atomic E-state index is -0.346. The zero-order chi connectivity index (χ0) is 13.4. The van der Waals surface area contributed by atoms with Gasteiger partial charge in [0.1, 0.15) is 5.82 Å². The van der Waals surface area contributed by atoms with Crippen LogP contribution in [0.5, 0.6) is 0 Å². The average molecular weight is 410 g/mol. The molecule has 0 spiro atoms. The van der Waals surface area contributed by atoms with Gasteiger partial charge in [-0.15, -0.1) is 24.0 Å². The first-order valence-corrected chi connectivity index (χ1v) is 6.98. The molecule has 0 radical (unpaired) electrons. The molecule has 6 heteroatoms. The van der Waals surface area contributed by atoms with Crippen LogP contribution in [0.25, 0.3) is 0 Å². The Hall–Kier alpha value is -0.560. The lowest BCUT2D eigenvalue weighted by atomic mass is 9.76. The predicted molar refractivity (Wildman–Crippen MR) is 90.7 cm³/mol. The molecule has 3 rings (SSSR count). The SMILES string of the molecule is CN1CCN=C1NC1CC(c2ccc(F)c(Cl)c2)C1.I. The molecule has 1 aromatic carbocycles. The molecule has 1 heterocycles. The third-order valence-electron chi connectivity index (χ3n) is 3.94. The van der Waals surface area contributed by atoms with Crippen LogP contribution >= 0.6 is 35.6 Å². The summed E-state index contributed by atoms with van der Waals surface area (Å²) >= 11 is 5.82. The highest BCUT2D eigenvalue weighted by molar-refractivity contribution is 14.0. The molecule has 110 valence electrons. The lowest BCUT2D eigenvalue weighted by Gasteiger charge is -2.37. The fourth-order valence-corrected chi connectivity index (χ4v) is 2.83. The van der Waals surface area contributed by atoms with Crippen molar-refractivity contribution in [3.63, 3.8) is 0 Å². The average Bonchev–Trinajstić information content (AvgIpc) is 2.73. The normalized spacial score (nSPS) is 24.8. The number of hydrogen-bond acceptors (Lipinski definition) is 3. The molecule has 0 unspecified atom stereocenters. The number of benzene rings is 1. The Labute approximate surface area is 140 Å². The summed E-state index contributed by atoms with van der Waals surface area (Å²) in [5.74, 6) is 1.13. The molecule has 20 heavy (non-hydrogen) atoms. The Morgan fingerprint density at radius 2 is 2.15 bits per heavy atom. The summed E-state index contributed by atoms with van der Waals surface area (Å²) in [5.41, 5.74) is 1.13. The van der Waals surface area contributed by atoms with Crippen LogP contribution < -0.4 is 5.32 Å². The van der Waals surface area contributed by atoms with Gasteiger partial charge >= 0.3 is 0 Å². The van der Waals surface area contributed by atoms with Crippen molar-refractivity contribution in [1.29, 1.82) is 0 Å². The highest BCUT2D eigenvalue weighted by Crippen LogP contribution is 2.38. The Kier molecular flexibility index (Phi) is 5.12. The van der Waals surface area contributed by atoms with Crippen molar-refractivity contribution in [3.05, 3.63) is 34.6 Å². The fourth-order valence-electron chi connectivity index (χ4n) is 2.65. The van der Waals surface area contributed by atoms with Crippen LogP contribution in [0.1, 0.15) is 24.3 Å². The summed E-state index contributed by atoms with van der Waals surface area (Å²) in [7, 11) is 2.05. The van der Waals surface area contributed by atoms with E-state index < -0.39 is 0 Å². The third-order valence-corrected chi connectivity index (χ3v) is 4.23. The minimum absolute atomic E-state index is 0. The lowest BCUT2D eigenvalue weighted by Crippen LogP contribution is -2.47. The first-order valence-electron chi connectivity index (χ1n) is 6.60. The molecule has 0 saturated heterocycles. The number of aliphatic imine (C=N–C) groups is 1. The molecule has 0 aromatic heterocycles. The second-order valence-corrected chi connectivity index (χ2v) is 5.72. The number of hydrogen-bond donors (Lipinski definition) is 1. The predicted octanol–water partition coefficient (Wildman–Crippen LogP) is 3.23. The van der Waals surface area contributed by atoms with Crippen LogP contribution in [0.3, 0.4) is 0 Å². The van der Waals surface area contributed by atoms with Crippen LogP contribution in [-0.4, -0.2) is 37.0 Å². The summed E-state index contributed by atoms with van der Waals surface area (Å²) in [4.78, 5) is 6.56. The van der Waals surface area contributed by atoms with Gasteiger partial charge in [0.15, 0.2) is 5.96 Å². The molecule has 1 aromatic rings. The fraction of sp³-hybridized carbons (Fsp3) is 0.500. The van der Waals surface area contributed by atoms with Crippen molar-refractivity contribution in [2.75, 3.05) is 20.1 Å². The first-order chi connectivity index (χ1) is 9.13. The number of likely N-dealkylation sites (N-methyl/N-ethyl adjacent to an activating group) is 1. The van der Waals surface area contributed by atoms with Gasteiger partial charge in [-0.3, -0.25) is 4.99 Å². The Morgan fingerprint density at radius 3 is 2.75 bits per heavy atom. The van der Waals surface area contributed by atoms with E-state index in [2.05, 4.69) is 22.3 Å². The molecule has 1 aliphatic heterocycles. The molecule has 0 bridgehead atoms. The second-order valence-electron chi connectivity index (χ2n) is 5.31. The third kappa shape index (κ3) is 3.19. The summed E-state index contributed by atoms with van der Waals surface area (Å²) in [6.07, 6.45) is 2.10. The highest BCUT2D eigenvalue weighted by Gasteiger charge is 2.32. The van der Waals surface area contributed by atoms with E-state index in [9.17, 15) is 4.39 Å². The Balaban J connectivity index is 0.00000147. The maximum absolute atomic E-state index is 13.1. The molecular weight excluding hydrogens is 392 g/mol. The first kappa shape index (κ1) is 15.8. The largest absolute Gasteiger partial charge is 0.353 e.